The van der Waals surface area contributed by atoms with Crippen molar-refractivity contribution in [2.24, 2.45) is 5.73 Å². The SMILES string of the molecule is BCOc1ccc([C@H]2CC[C@@H](C(N)=O)N2C(=O)OC(C)(C)C)cc1. The molecule has 0 aromatic heterocycles. The van der Waals surface area contributed by atoms with Gasteiger partial charge in [0.05, 0.1) is 12.5 Å². The van der Waals surface area contributed by atoms with Crippen LogP contribution in [0.3, 0.4) is 0 Å². The van der Waals surface area contributed by atoms with Crippen LogP contribution in [0.4, 0.5) is 4.79 Å². The lowest BCUT2D eigenvalue weighted by Crippen LogP contribution is -2.46. The second-order valence-corrected chi connectivity index (χ2v) is 6.90. The average Bonchev–Trinajstić information content (AvgIpc) is 2.92. The average molecular weight is 332 g/mol. The number of carbonyl (C=O) groups excluding carboxylic acids is 2. The minimum absolute atomic E-state index is 0.229. The second kappa shape index (κ2) is 7.15. The molecule has 130 valence electrons. The van der Waals surface area contributed by atoms with Crippen molar-refractivity contribution in [3.63, 3.8) is 0 Å². The van der Waals surface area contributed by atoms with Crippen molar-refractivity contribution in [3.8, 4) is 5.75 Å². The zero-order valence-electron chi connectivity index (χ0n) is 14.7. The topological polar surface area (TPSA) is 81.9 Å². The Hall–Kier alpha value is -2.18. The van der Waals surface area contributed by atoms with E-state index < -0.39 is 23.6 Å². The van der Waals surface area contributed by atoms with Crippen LogP contribution in [0.2, 0.25) is 0 Å². The van der Waals surface area contributed by atoms with E-state index in [2.05, 4.69) is 0 Å². The van der Waals surface area contributed by atoms with Crippen molar-refractivity contribution < 1.29 is 19.1 Å². The molecule has 2 atom stereocenters. The molecule has 24 heavy (non-hydrogen) atoms. The molecule has 6 nitrogen and oxygen atoms in total. The second-order valence-electron chi connectivity index (χ2n) is 6.90. The largest absolute Gasteiger partial charge is 0.503 e. The van der Waals surface area contributed by atoms with E-state index in [1.165, 1.54) is 4.90 Å². The van der Waals surface area contributed by atoms with Crippen LogP contribution in [0, 0.1) is 0 Å². The first-order chi connectivity index (χ1) is 11.2. The number of primary amides is 1. The molecule has 1 aliphatic heterocycles. The first-order valence-electron chi connectivity index (χ1n) is 8.26. The number of ether oxygens (including phenoxy) is 2. The standard InChI is InChI=1S/C17H25BN2O4/c1-17(2,3)24-16(22)20-13(8-9-14(20)15(19)21)11-4-6-12(7-5-11)23-10-18/h4-7,13-14H,8-10,18H2,1-3H3,(H2,19,21)/t13-,14+/m1/s1. The van der Waals surface area contributed by atoms with Crippen LogP contribution in [0.5, 0.6) is 5.75 Å². The Morgan fingerprint density at radius 3 is 2.38 bits per heavy atom. The Morgan fingerprint density at radius 1 is 1.25 bits per heavy atom. The molecule has 0 spiro atoms. The highest BCUT2D eigenvalue weighted by molar-refractivity contribution is 6.08. The molecule has 2 rings (SSSR count). The summed E-state index contributed by atoms with van der Waals surface area (Å²) in [7, 11) is 1.92. The van der Waals surface area contributed by atoms with Gasteiger partial charge in [-0.3, -0.25) is 9.69 Å². The zero-order chi connectivity index (χ0) is 17.9. The Kier molecular flexibility index (Phi) is 5.42. The summed E-state index contributed by atoms with van der Waals surface area (Å²) in [5.74, 6) is 0.267. The molecule has 2 N–H and O–H groups in total. The van der Waals surface area contributed by atoms with E-state index in [0.29, 0.717) is 19.3 Å². The Balaban J connectivity index is 2.26. The maximum absolute atomic E-state index is 12.6. The Morgan fingerprint density at radius 2 is 1.88 bits per heavy atom. The summed E-state index contributed by atoms with van der Waals surface area (Å²) in [6, 6.07) is 6.68. The smallest absolute Gasteiger partial charge is 0.411 e. The van der Waals surface area contributed by atoms with E-state index in [-0.39, 0.29) is 6.04 Å². The first-order valence-corrected chi connectivity index (χ1v) is 8.26. The zero-order valence-corrected chi connectivity index (χ0v) is 14.7. The summed E-state index contributed by atoms with van der Waals surface area (Å²) < 4.78 is 10.9. The number of nitrogens with two attached hydrogens (primary N) is 1. The van der Waals surface area contributed by atoms with Gasteiger partial charge in [-0.25, -0.2) is 4.79 Å². The number of benzene rings is 1. The molecular formula is C17H25BN2O4. The van der Waals surface area contributed by atoms with Crippen molar-refractivity contribution >= 4 is 19.8 Å². The molecule has 0 aliphatic carbocycles. The van der Waals surface area contributed by atoms with E-state index in [0.717, 1.165) is 11.3 Å². The summed E-state index contributed by atoms with van der Waals surface area (Å²) in [5.41, 5.74) is 5.79. The minimum atomic E-state index is -0.642. The molecule has 1 fully saturated rings. The van der Waals surface area contributed by atoms with Crippen molar-refractivity contribution in [1.82, 2.24) is 4.90 Å². The van der Waals surface area contributed by atoms with E-state index in [9.17, 15) is 9.59 Å². The molecule has 1 saturated heterocycles. The van der Waals surface area contributed by atoms with Gasteiger partial charge in [0, 0.05) is 0 Å². The maximum atomic E-state index is 12.6. The third kappa shape index (κ3) is 4.22. The number of carbonyl (C=O) groups is 2. The fourth-order valence-electron chi connectivity index (χ4n) is 2.94. The minimum Gasteiger partial charge on any atom is -0.503 e. The molecule has 1 aliphatic rings. The Labute approximate surface area is 143 Å². The predicted molar refractivity (Wildman–Crippen MR) is 93.5 cm³/mol. The van der Waals surface area contributed by atoms with Crippen LogP contribution in [-0.4, -0.2) is 42.9 Å². The first kappa shape index (κ1) is 18.2. The van der Waals surface area contributed by atoms with Gasteiger partial charge in [0.1, 0.15) is 17.4 Å². The van der Waals surface area contributed by atoms with Crippen molar-refractivity contribution in [3.05, 3.63) is 29.8 Å². The summed E-state index contributed by atoms with van der Waals surface area (Å²) in [6.07, 6.45) is 0.690. The summed E-state index contributed by atoms with van der Waals surface area (Å²) in [4.78, 5) is 25.8. The number of hydrogen-bond donors (Lipinski definition) is 1. The van der Waals surface area contributed by atoms with E-state index >= 15 is 0 Å². The fourth-order valence-corrected chi connectivity index (χ4v) is 2.94. The third-order valence-electron chi connectivity index (χ3n) is 3.89. The van der Waals surface area contributed by atoms with E-state index in [1.54, 1.807) is 20.8 Å². The molecule has 1 aromatic carbocycles. The monoisotopic (exact) mass is 332 g/mol. The van der Waals surface area contributed by atoms with Crippen molar-refractivity contribution in [1.29, 1.82) is 0 Å². The summed E-state index contributed by atoms with van der Waals surface area (Å²) >= 11 is 0. The molecule has 1 heterocycles. The molecule has 0 radical (unpaired) electrons. The lowest BCUT2D eigenvalue weighted by molar-refractivity contribution is -0.122. The number of hydrogen-bond acceptors (Lipinski definition) is 4. The molecule has 0 saturated carbocycles. The van der Waals surface area contributed by atoms with E-state index in [4.69, 9.17) is 15.2 Å². The van der Waals surface area contributed by atoms with Gasteiger partial charge >= 0.3 is 6.09 Å². The summed E-state index contributed by atoms with van der Waals surface area (Å²) in [6.45, 7) is 5.99. The normalized spacial score (nSPS) is 20.7. The van der Waals surface area contributed by atoms with Crippen LogP contribution in [0.25, 0.3) is 0 Å². The lowest BCUT2D eigenvalue weighted by Gasteiger charge is -2.31. The van der Waals surface area contributed by atoms with Crippen LogP contribution >= 0.6 is 0 Å². The molecular weight excluding hydrogens is 307 g/mol. The fraction of sp³-hybridized carbons (Fsp3) is 0.529. The quantitative estimate of drug-likeness (QED) is 0.849. The van der Waals surface area contributed by atoms with Gasteiger partial charge in [-0.2, -0.15) is 0 Å². The third-order valence-corrected chi connectivity index (χ3v) is 3.89. The van der Waals surface area contributed by atoms with Gasteiger partial charge in [0.25, 0.3) is 0 Å². The predicted octanol–water partition coefficient (Wildman–Crippen LogP) is 1.58. The number of amides is 2. The van der Waals surface area contributed by atoms with E-state index in [1.807, 2.05) is 32.1 Å². The number of likely N-dealkylation sites (tertiary alicyclic amines) is 1. The molecule has 0 bridgehead atoms. The van der Waals surface area contributed by atoms with Crippen LogP contribution < -0.4 is 10.5 Å². The van der Waals surface area contributed by atoms with Gasteiger partial charge in [-0.15, -0.1) is 0 Å². The van der Waals surface area contributed by atoms with Gasteiger partial charge in [-0.1, -0.05) is 12.1 Å². The highest BCUT2D eigenvalue weighted by Crippen LogP contribution is 2.37. The molecule has 7 heteroatoms. The van der Waals surface area contributed by atoms with Gasteiger partial charge in [-0.05, 0) is 51.3 Å². The molecule has 1 aromatic rings. The maximum Gasteiger partial charge on any atom is 0.411 e. The lowest BCUT2D eigenvalue weighted by atomic mass is 10.0. The highest BCUT2D eigenvalue weighted by atomic mass is 16.6. The highest BCUT2D eigenvalue weighted by Gasteiger charge is 2.42. The summed E-state index contributed by atoms with van der Waals surface area (Å²) in [5, 5.41) is 0. The van der Waals surface area contributed by atoms with Crippen LogP contribution in [0.1, 0.15) is 45.2 Å². The molecule has 0 unspecified atom stereocenters. The van der Waals surface area contributed by atoms with Gasteiger partial charge in [0.15, 0.2) is 7.85 Å². The van der Waals surface area contributed by atoms with Crippen LogP contribution in [-0.2, 0) is 9.53 Å². The Bertz CT molecular complexity index is 598. The van der Waals surface area contributed by atoms with Crippen LogP contribution in [0.15, 0.2) is 24.3 Å². The van der Waals surface area contributed by atoms with Crippen molar-refractivity contribution in [2.75, 3.05) is 6.51 Å². The number of rotatable bonds is 4. The van der Waals surface area contributed by atoms with Crippen molar-refractivity contribution in [2.45, 2.75) is 51.3 Å². The van der Waals surface area contributed by atoms with Gasteiger partial charge in [0.2, 0.25) is 5.91 Å². The molecule has 2 amide bonds. The number of nitrogens with zero attached hydrogens (tertiary/aromatic N) is 1. The van der Waals surface area contributed by atoms with Gasteiger partial charge < -0.3 is 15.2 Å².